The Morgan fingerprint density at radius 3 is 2.54 bits per heavy atom. The van der Waals surface area contributed by atoms with E-state index in [2.05, 4.69) is 4.74 Å². The van der Waals surface area contributed by atoms with Crippen molar-refractivity contribution in [2.75, 3.05) is 0 Å². The van der Waals surface area contributed by atoms with Crippen molar-refractivity contribution in [2.24, 2.45) is 5.41 Å². The van der Waals surface area contributed by atoms with Gasteiger partial charge in [0, 0.05) is 35.6 Å². The van der Waals surface area contributed by atoms with Crippen molar-refractivity contribution >= 4 is 17.9 Å². The van der Waals surface area contributed by atoms with Crippen molar-refractivity contribution in [3.8, 4) is 0 Å². The Morgan fingerprint density at radius 1 is 1.14 bits per heavy atom. The fourth-order valence-corrected chi connectivity index (χ4v) is 4.46. The average molecular weight is 390 g/mol. The van der Waals surface area contributed by atoms with E-state index in [0.29, 0.717) is 30.4 Å². The van der Waals surface area contributed by atoms with Crippen LogP contribution < -0.4 is 0 Å². The van der Waals surface area contributed by atoms with E-state index in [-0.39, 0.29) is 12.0 Å². The topological polar surface area (TPSA) is 119 Å². The number of fused-ring (bicyclic) bond motifs is 1. The lowest BCUT2D eigenvalue weighted by molar-refractivity contribution is -0.154. The number of ether oxygens (including phenoxy) is 3. The zero-order valence-corrected chi connectivity index (χ0v) is 15.6. The zero-order chi connectivity index (χ0) is 20.2. The Bertz CT molecular complexity index is 850. The highest BCUT2D eigenvalue weighted by Gasteiger charge is 2.56. The maximum atomic E-state index is 12.6. The molecule has 1 saturated heterocycles. The first kappa shape index (κ1) is 18.9. The summed E-state index contributed by atoms with van der Waals surface area (Å²) >= 11 is 0. The van der Waals surface area contributed by atoms with Gasteiger partial charge in [0.1, 0.15) is 12.2 Å². The molecule has 0 radical (unpaired) electrons. The normalized spacial score (nSPS) is 37.8. The summed E-state index contributed by atoms with van der Waals surface area (Å²) in [5.41, 5.74) is 0.908. The van der Waals surface area contributed by atoms with Crippen molar-refractivity contribution in [3.63, 3.8) is 0 Å². The van der Waals surface area contributed by atoms with Crippen molar-refractivity contribution in [3.05, 3.63) is 34.4 Å². The van der Waals surface area contributed by atoms with Gasteiger partial charge in [-0.05, 0) is 26.7 Å². The molecule has 0 saturated carbocycles. The van der Waals surface area contributed by atoms with Gasteiger partial charge in [-0.3, -0.25) is 0 Å². The molecule has 150 valence electrons. The maximum absolute atomic E-state index is 12.6. The molecule has 0 amide bonds. The van der Waals surface area contributed by atoms with Gasteiger partial charge in [0.15, 0.2) is 0 Å². The highest BCUT2D eigenvalue weighted by atomic mass is 16.6. The summed E-state index contributed by atoms with van der Waals surface area (Å²) in [5.74, 6) is -1.73. The first-order chi connectivity index (χ1) is 13.2. The standard InChI is InChI=1S/C20H22O8/c1-9-6-13(11-8-16(22)28-18(11)24)26-17(23)10(9)7-15-20(2)12(19(25)27-15)4-3-5-14(20)21/h4,8,13-15,18,21,24H,3,5-7H2,1-2H3/t13-,14+,15-,18-,20+/m0/s1. The highest BCUT2D eigenvalue weighted by Crippen LogP contribution is 2.49. The fourth-order valence-electron chi connectivity index (χ4n) is 4.46. The minimum Gasteiger partial charge on any atom is -0.458 e. The van der Waals surface area contributed by atoms with Crippen LogP contribution in [-0.2, 0) is 28.6 Å². The van der Waals surface area contributed by atoms with Crippen LogP contribution in [0.2, 0.25) is 0 Å². The number of carbonyl (C=O) groups is 3. The Kier molecular flexibility index (Phi) is 4.43. The van der Waals surface area contributed by atoms with Gasteiger partial charge in [0.05, 0.1) is 11.5 Å². The van der Waals surface area contributed by atoms with E-state index >= 15 is 0 Å². The number of cyclic esters (lactones) is 3. The van der Waals surface area contributed by atoms with Crippen LogP contribution in [0.25, 0.3) is 0 Å². The quantitative estimate of drug-likeness (QED) is 0.537. The molecule has 1 fully saturated rings. The summed E-state index contributed by atoms with van der Waals surface area (Å²) in [7, 11) is 0. The molecule has 1 aliphatic carbocycles. The minimum atomic E-state index is -1.42. The lowest BCUT2D eigenvalue weighted by Gasteiger charge is -2.37. The average Bonchev–Trinajstić information content (AvgIpc) is 3.09. The molecule has 2 N–H and O–H groups in total. The zero-order valence-electron chi connectivity index (χ0n) is 15.6. The third-order valence-corrected chi connectivity index (χ3v) is 6.26. The molecule has 0 aromatic rings. The second-order valence-electron chi connectivity index (χ2n) is 7.88. The van der Waals surface area contributed by atoms with Crippen molar-refractivity contribution in [1.82, 2.24) is 0 Å². The molecule has 0 spiro atoms. The van der Waals surface area contributed by atoms with Crippen molar-refractivity contribution < 1.29 is 38.8 Å². The van der Waals surface area contributed by atoms with Crippen molar-refractivity contribution in [2.45, 2.75) is 64.1 Å². The van der Waals surface area contributed by atoms with Crippen LogP contribution in [0.15, 0.2) is 34.4 Å². The number of carbonyl (C=O) groups excluding carboxylic acids is 3. The molecule has 4 aliphatic rings. The van der Waals surface area contributed by atoms with Crippen LogP contribution in [-0.4, -0.2) is 52.7 Å². The van der Waals surface area contributed by atoms with Gasteiger partial charge in [-0.2, -0.15) is 0 Å². The molecule has 0 aromatic heterocycles. The number of aliphatic hydroxyl groups is 2. The Morgan fingerprint density at radius 2 is 1.89 bits per heavy atom. The number of esters is 3. The minimum absolute atomic E-state index is 0.130. The van der Waals surface area contributed by atoms with E-state index in [1.165, 1.54) is 0 Å². The molecule has 0 bridgehead atoms. The van der Waals surface area contributed by atoms with Gasteiger partial charge < -0.3 is 24.4 Å². The molecule has 0 aromatic carbocycles. The highest BCUT2D eigenvalue weighted by molar-refractivity contribution is 5.94. The number of rotatable bonds is 3. The second-order valence-corrected chi connectivity index (χ2v) is 7.88. The van der Waals surface area contributed by atoms with Gasteiger partial charge in [-0.1, -0.05) is 11.6 Å². The first-order valence-corrected chi connectivity index (χ1v) is 9.31. The van der Waals surface area contributed by atoms with Crippen LogP contribution in [0.1, 0.15) is 39.5 Å². The first-order valence-electron chi connectivity index (χ1n) is 9.31. The summed E-state index contributed by atoms with van der Waals surface area (Å²) in [6.45, 7) is 3.55. The number of hydrogen-bond acceptors (Lipinski definition) is 8. The molecule has 5 atom stereocenters. The molecule has 28 heavy (non-hydrogen) atoms. The second kappa shape index (κ2) is 6.56. The third kappa shape index (κ3) is 2.79. The van der Waals surface area contributed by atoms with Crippen LogP contribution >= 0.6 is 0 Å². The molecule has 0 unspecified atom stereocenters. The van der Waals surface area contributed by atoms with Crippen LogP contribution in [0.3, 0.4) is 0 Å². The predicted molar refractivity (Wildman–Crippen MR) is 93.3 cm³/mol. The summed E-state index contributed by atoms with van der Waals surface area (Å²) in [6, 6.07) is 0. The Hall–Kier alpha value is -2.45. The van der Waals surface area contributed by atoms with E-state index in [4.69, 9.17) is 9.47 Å². The number of aliphatic hydroxyl groups excluding tert-OH is 2. The molecule has 8 nitrogen and oxygen atoms in total. The Labute approximate surface area is 161 Å². The molecule has 3 heterocycles. The van der Waals surface area contributed by atoms with E-state index in [0.717, 1.165) is 11.6 Å². The molecule has 3 aliphatic heterocycles. The van der Waals surface area contributed by atoms with Crippen LogP contribution in [0, 0.1) is 5.41 Å². The van der Waals surface area contributed by atoms with Gasteiger partial charge in [-0.25, -0.2) is 14.4 Å². The monoisotopic (exact) mass is 390 g/mol. The molecular formula is C20H22O8. The maximum Gasteiger partial charge on any atom is 0.334 e. The SMILES string of the molecule is CC1=C(C[C@@H]2OC(=O)C3=CCC[C@@H](O)[C@@]32C)C(=O)O[C@H](C2=CC(=O)O[C@@H]2O)C1. The van der Waals surface area contributed by atoms with Crippen LogP contribution in [0.5, 0.6) is 0 Å². The predicted octanol–water partition coefficient (Wildman–Crippen LogP) is 0.823. The molecule has 4 rings (SSSR count). The van der Waals surface area contributed by atoms with Crippen LogP contribution in [0.4, 0.5) is 0 Å². The van der Waals surface area contributed by atoms with E-state index in [9.17, 15) is 24.6 Å². The summed E-state index contributed by atoms with van der Waals surface area (Å²) < 4.78 is 15.6. The van der Waals surface area contributed by atoms with Gasteiger partial charge in [0.2, 0.25) is 6.29 Å². The fraction of sp³-hybridized carbons (Fsp3) is 0.550. The Balaban J connectivity index is 1.58. The van der Waals surface area contributed by atoms with E-state index in [1.54, 1.807) is 19.9 Å². The van der Waals surface area contributed by atoms with Gasteiger partial charge in [0.25, 0.3) is 0 Å². The number of allylic oxidation sites excluding steroid dienone is 1. The van der Waals surface area contributed by atoms with Gasteiger partial charge >= 0.3 is 17.9 Å². The lowest BCUT2D eigenvalue weighted by Crippen LogP contribution is -2.43. The largest absolute Gasteiger partial charge is 0.458 e. The van der Waals surface area contributed by atoms with Crippen molar-refractivity contribution in [1.29, 1.82) is 0 Å². The summed E-state index contributed by atoms with van der Waals surface area (Å²) in [6.07, 6.45) is 0.890. The molecule has 8 heteroatoms. The van der Waals surface area contributed by atoms with Gasteiger partial charge in [-0.15, -0.1) is 0 Å². The smallest absolute Gasteiger partial charge is 0.334 e. The lowest BCUT2D eigenvalue weighted by atomic mass is 9.68. The summed E-state index contributed by atoms with van der Waals surface area (Å²) in [4.78, 5) is 36.2. The summed E-state index contributed by atoms with van der Waals surface area (Å²) in [5, 5.41) is 20.3. The van der Waals surface area contributed by atoms with E-state index < -0.39 is 47.9 Å². The molecular weight excluding hydrogens is 368 g/mol. The number of hydrogen-bond donors (Lipinski definition) is 2. The third-order valence-electron chi connectivity index (χ3n) is 6.26. The van der Waals surface area contributed by atoms with E-state index in [1.807, 2.05) is 0 Å².